The molecule has 2 heterocycles. The highest BCUT2D eigenvalue weighted by atomic mass is 32.1. The van der Waals surface area contributed by atoms with Crippen molar-refractivity contribution in [1.82, 2.24) is 9.88 Å². The number of piperidine rings is 1. The lowest BCUT2D eigenvalue weighted by atomic mass is 9.80. The fourth-order valence-electron chi connectivity index (χ4n) is 2.34. The van der Waals surface area contributed by atoms with Crippen LogP contribution in [0.15, 0.2) is 18.2 Å². The molecule has 5 heteroatoms. The topological polar surface area (TPSA) is 51.4 Å². The third kappa shape index (κ3) is 3.42. The number of nitrogens with zero attached hydrogens (tertiary/aromatic N) is 2. The SMILES string of the molecule is COc1cccc(CN2CCC(C)(C(N)=S)CC2)n1. The number of pyridine rings is 1. The molecule has 0 amide bonds. The maximum absolute atomic E-state index is 5.82. The molecule has 0 atom stereocenters. The van der Waals surface area contributed by atoms with Gasteiger partial charge in [0.25, 0.3) is 0 Å². The average molecular weight is 279 g/mol. The Labute approximate surface area is 120 Å². The average Bonchev–Trinajstić information content (AvgIpc) is 2.42. The highest BCUT2D eigenvalue weighted by Gasteiger charge is 2.32. The Morgan fingerprint density at radius 3 is 2.74 bits per heavy atom. The van der Waals surface area contributed by atoms with Crippen molar-refractivity contribution in [2.45, 2.75) is 26.3 Å². The van der Waals surface area contributed by atoms with Gasteiger partial charge in [-0.3, -0.25) is 4.90 Å². The van der Waals surface area contributed by atoms with Gasteiger partial charge < -0.3 is 10.5 Å². The zero-order valence-electron chi connectivity index (χ0n) is 11.6. The van der Waals surface area contributed by atoms with Crippen LogP contribution in [0.4, 0.5) is 0 Å². The normalized spacial score (nSPS) is 19.1. The quantitative estimate of drug-likeness (QED) is 0.854. The molecule has 4 nitrogen and oxygen atoms in total. The molecule has 0 spiro atoms. The second-order valence-electron chi connectivity index (χ2n) is 5.37. The molecule has 19 heavy (non-hydrogen) atoms. The van der Waals surface area contributed by atoms with Gasteiger partial charge in [-0.1, -0.05) is 25.2 Å². The van der Waals surface area contributed by atoms with Crippen molar-refractivity contribution in [3.8, 4) is 5.88 Å². The fraction of sp³-hybridized carbons (Fsp3) is 0.571. The standard InChI is InChI=1S/C14H21N3OS/c1-14(13(15)19)6-8-17(9-7-14)10-11-4-3-5-12(16-11)18-2/h3-5H,6-10H2,1-2H3,(H2,15,19). The molecule has 1 fully saturated rings. The summed E-state index contributed by atoms with van der Waals surface area (Å²) < 4.78 is 5.15. The van der Waals surface area contributed by atoms with Gasteiger partial charge in [0.2, 0.25) is 5.88 Å². The van der Waals surface area contributed by atoms with E-state index in [-0.39, 0.29) is 5.41 Å². The summed E-state index contributed by atoms with van der Waals surface area (Å²) in [5, 5.41) is 0. The van der Waals surface area contributed by atoms with Gasteiger partial charge in [-0.25, -0.2) is 4.98 Å². The van der Waals surface area contributed by atoms with E-state index in [1.54, 1.807) is 7.11 Å². The number of hydrogen-bond donors (Lipinski definition) is 1. The van der Waals surface area contributed by atoms with Crippen LogP contribution in [0.5, 0.6) is 5.88 Å². The Bertz CT molecular complexity index is 456. The van der Waals surface area contributed by atoms with Gasteiger partial charge in [0.05, 0.1) is 17.8 Å². The van der Waals surface area contributed by atoms with Crippen LogP contribution >= 0.6 is 12.2 Å². The Balaban J connectivity index is 1.93. The number of methoxy groups -OCH3 is 1. The highest BCUT2D eigenvalue weighted by molar-refractivity contribution is 7.80. The molecular weight excluding hydrogens is 258 g/mol. The summed E-state index contributed by atoms with van der Waals surface area (Å²) in [6.45, 7) is 5.03. The van der Waals surface area contributed by atoms with Crippen LogP contribution in [0, 0.1) is 5.41 Å². The van der Waals surface area contributed by atoms with E-state index in [0.29, 0.717) is 10.9 Å². The monoisotopic (exact) mass is 279 g/mol. The van der Waals surface area contributed by atoms with Crippen LogP contribution < -0.4 is 10.5 Å². The lowest BCUT2D eigenvalue weighted by Gasteiger charge is -2.38. The number of likely N-dealkylation sites (tertiary alicyclic amines) is 1. The minimum atomic E-state index is 0.0215. The minimum Gasteiger partial charge on any atom is -0.481 e. The number of thiocarbonyl (C=S) groups is 1. The maximum atomic E-state index is 5.82. The number of aromatic nitrogens is 1. The summed E-state index contributed by atoms with van der Waals surface area (Å²) in [6, 6.07) is 5.87. The van der Waals surface area contributed by atoms with Gasteiger partial charge in [0, 0.05) is 18.0 Å². The van der Waals surface area contributed by atoms with Crippen molar-refractivity contribution in [2.75, 3.05) is 20.2 Å². The Morgan fingerprint density at radius 1 is 1.47 bits per heavy atom. The predicted molar refractivity (Wildman–Crippen MR) is 80.2 cm³/mol. The lowest BCUT2D eigenvalue weighted by molar-refractivity contribution is 0.156. The summed E-state index contributed by atoms with van der Waals surface area (Å²) >= 11 is 5.16. The van der Waals surface area contributed by atoms with Crippen LogP contribution in [0.3, 0.4) is 0 Å². The lowest BCUT2D eigenvalue weighted by Crippen LogP contribution is -2.44. The van der Waals surface area contributed by atoms with E-state index in [9.17, 15) is 0 Å². The number of rotatable bonds is 4. The van der Waals surface area contributed by atoms with Crippen molar-refractivity contribution >= 4 is 17.2 Å². The van der Waals surface area contributed by atoms with Crippen LogP contribution in [0.2, 0.25) is 0 Å². The van der Waals surface area contributed by atoms with Gasteiger partial charge in [-0.05, 0) is 32.0 Å². The first-order chi connectivity index (χ1) is 9.03. The molecule has 0 aromatic carbocycles. The highest BCUT2D eigenvalue weighted by Crippen LogP contribution is 2.31. The van der Waals surface area contributed by atoms with Crippen molar-refractivity contribution < 1.29 is 4.74 Å². The Hall–Kier alpha value is -1.20. The smallest absolute Gasteiger partial charge is 0.213 e. The van der Waals surface area contributed by atoms with E-state index in [4.69, 9.17) is 22.7 Å². The first-order valence-electron chi connectivity index (χ1n) is 6.56. The maximum Gasteiger partial charge on any atom is 0.213 e. The largest absolute Gasteiger partial charge is 0.481 e. The molecule has 0 saturated carbocycles. The third-order valence-corrected chi connectivity index (χ3v) is 4.42. The summed E-state index contributed by atoms with van der Waals surface area (Å²) in [7, 11) is 1.64. The molecule has 0 unspecified atom stereocenters. The minimum absolute atomic E-state index is 0.0215. The molecule has 1 aromatic heterocycles. The number of ether oxygens (including phenoxy) is 1. The van der Waals surface area contributed by atoms with Gasteiger partial charge >= 0.3 is 0 Å². The van der Waals surface area contributed by atoms with Gasteiger partial charge in [0.1, 0.15) is 0 Å². The first kappa shape index (κ1) is 14.2. The molecule has 1 saturated heterocycles. The second kappa shape index (κ2) is 5.84. The van der Waals surface area contributed by atoms with E-state index in [1.807, 2.05) is 18.2 Å². The van der Waals surface area contributed by atoms with Crippen LogP contribution in [0.1, 0.15) is 25.5 Å². The van der Waals surface area contributed by atoms with Crippen LogP contribution in [-0.4, -0.2) is 35.1 Å². The molecule has 1 aliphatic rings. The fourth-order valence-corrected chi connectivity index (χ4v) is 2.54. The van der Waals surface area contributed by atoms with E-state index in [1.165, 1.54) is 0 Å². The van der Waals surface area contributed by atoms with Crippen molar-refractivity contribution in [1.29, 1.82) is 0 Å². The molecular formula is C14H21N3OS. The summed E-state index contributed by atoms with van der Waals surface area (Å²) in [4.78, 5) is 7.48. The summed E-state index contributed by atoms with van der Waals surface area (Å²) in [5.74, 6) is 0.669. The molecule has 0 radical (unpaired) electrons. The van der Waals surface area contributed by atoms with E-state index < -0.39 is 0 Å². The molecule has 0 aliphatic carbocycles. The van der Waals surface area contributed by atoms with Crippen LogP contribution in [0.25, 0.3) is 0 Å². The Kier molecular flexibility index (Phi) is 4.37. The zero-order chi connectivity index (χ0) is 13.9. The van der Waals surface area contributed by atoms with Gasteiger partial charge in [-0.2, -0.15) is 0 Å². The van der Waals surface area contributed by atoms with Crippen LogP contribution in [-0.2, 0) is 6.54 Å². The third-order valence-electron chi connectivity index (χ3n) is 3.93. The van der Waals surface area contributed by atoms with Crippen molar-refractivity contribution in [3.05, 3.63) is 23.9 Å². The second-order valence-corrected chi connectivity index (χ2v) is 5.81. The van der Waals surface area contributed by atoms with E-state index in [0.717, 1.165) is 38.2 Å². The first-order valence-corrected chi connectivity index (χ1v) is 6.96. The van der Waals surface area contributed by atoms with Crippen molar-refractivity contribution in [3.63, 3.8) is 0 Å². The van der Waals surface area contributed by atoms with E-state index in [2.05, 4.69) is 16.8 Å². The van der Waals surface area contributed by atoms with Gasteiger partial charge in [-0.15, -0.1) is 0 Å². The van der Waals surface area contributed by atoms with Gasteiger partial charge in [0.15, 0.2) is 0 Å². The molecule has 104 valence electrons. The summed E-state index contributed by atoms with van der Waals surface area (Å²) in [6.07, 6.45) is 2.04. The van der Waals surface area contributed by atoms with Crippen molar-refractivity contribution in [2.24, 2.45) is 11.1 Å². The molecule has 2 rings (SSSR count). The molecule has 1 aliphatic heterocycles. The Morgan fingerprint density at radius 2 is 2.16 bits per heavy atom. The number of hydrogen-bond acceptors (Lipinski definition) is 4. The number of nitrogens with two attached hydrogens (primary N) is 1. The predicted octanol–water partition coefficient (Wildman–Crippen LogP) is 1.98. The zero-order valence-corrected chi connectivity index (χ0v) is 12.4. The molecule has 2 N–H and O–H groups in total. The molecule has 1 aromatic rings. The molecule has 0 bridgehead atoms. The summed E-state index contributed by atoms with van der Waals surface area (Å²) in [5.41, 5.74) is 6.88. The van der Waals surface area contributed by atoms with E-state index >= 15 is 0 Å².